The fourth-order valence-corrected chi connectivity index (χ4v) is 1.42. The number of halogens is 2. The van der Waals surface area contributed by atoms with Gasteiger partial charge in [0.25, 0.3) is 0 Å². The molecule has 0 saturated heterocycles. The van der Waals surface area contributed by atoms with E-state index in [1.807, 2.05) is 0 Å². The summed E-state index contributed by atoms with van der Waals surface area (Å²) in [6, 6.07) is 5.14. The summed E-state index contributed by atoms with van der Waals surface area (Å²) in [6.45, 7) is 2.15. The van der Waals surface area contributed by atoms with E-state index in [-0.39, 0.29) is 5.69 Å². The fraction of sp³-hybridized carbons (Fsp3) is 0.167. The highest BCUT2D eigenvalue weighted by Crippen LogP contribution is 2.15. The third-order valence-electron chi connectivity index (χ3n) is 2.22. The number of anilines is 1. The molecule has 1 aromatic heterocycles. The molecular weight excluding hydrogens is 224 g/mol. The zero-order valence-electron chi connectivity index (χ0n) is 9.24. The van der Waals surface area contributed by atoms with Crippen molar-refractivity contribution in [3.05, 3.63) is 53.6 Å². The van der Waals surface area contributed by atoms with Crippen LogP contribution < -0.4 is 5.32 Å². The molecular formula is C12H11F2N3. The van der Waals surface area contributed by atoms with Crippen molar-refractivity contribution in [3.63, 3.8) is 0 Å². The highest BCUT2D eigenvalue weighted by molar-refractivity contribution is 5.44. The van der Waals surface area contributed by atoms with Gasteiger partial charge in [-0.05, 0) is 25.1 Å². The summed E-state index contributed by atoms with van der Waals surface area (Å²) in [4.78, 5) is 8.13. The Balaban J connectivity index is 2.07. The maximum atomic E-state index is 13.3. The van der Waals surface area contributed by atoms with Gasteiger partial charge in [-0.25, -0.2) is 18.7 Å². The maximum absolute atomic E-state index is 13.3. The standard InChI is InChI=1S/C12H11F2N3/c1-8-15-5-4-10(17-8)7-16-12-3-2-9(13)6-11(12)14/h2-6,16H,7H2,1H3. The van der Waals surface area contributed by atoms with E-state index in [1.54, 1.807) is 19.2 Å². The minimum atomic E-state index is -0.615. The summed E-state index contributed by atoms with van der Waals surface area (Å²) >= 11 is 0. The second kappa shape index (κ2) is 4.86. The molecule has 1 aromatic carbocycles. The summed E-state index contributed by atoms with van der Waals surface area (Å²) < 4.78 is 26.0. The van der Waals surface area contributed by atoms with Crippen molar-refractivity contribution >= 4 is 5.69 Å². The first-order chi connectivity index (χ1) is 8.15. The predicted octanol–water partition coefficient (Wildman–Crippen LogP) is 2.68. The minimum Gasteiger partial charge on any atom is -0.377 e. The Hall–Kier alpha value is -2.04. The van der Waals surface area contributed by atoms with E-state index in [0.29, 0.717) is 12.4 Å². The monoisotopic (exact) mass is 235 g/mol. The van der Waals surface area contributed by atoms with Crippen LogP contribution in [0.3, 0.4) is 0 Å². The van der Waals surface area contributed by atoms with Gasteiger partial charge >= 0.3 is 0 Å². The van der Waals surface area contributed by atoms with Crippen LogP contribution in [0.2, 0.25) is 0 Å². The van der Waals surface area contributed by atoms with E-state index < -0.39 is 11.6 Å². The van der Waals surface area contributed by atoms with Crippen molar-refractivity contribution in [2.45, 2.75) is 13.5 Å². The zero-order chi connectivity index (χ0) is 12.3. The van der Waals surface area contributed by atoms with Gasteiger partial charge in [0.2, 0.25) is 0 Å². The minimum absolute atomic E-state index is 0.252. The molecule has 0 aliphatic heterocycles. The summed E-state index contributed by atoms with van der Waals surface area (Å²) in [6.07, 6.45) is 1.64. The van der Waals surface area contributed by atoms with Crippen LogP contribution in [0.5, 0.6) is 0 Å². The van der Waals surface area contributed by atoms with E-state index in [0.717, 1.165) is 11.8 Å². The van der Waals surface area contributed by atoms with Crippen molar-refractivity contribution in [3.8, 4) is 0 Å². The third kappa shape index (κ3) is 2.96. The van der Waals surface area contributed by atoms with Gasteiger partial charge in [-0.2, -0.15) is 0 Å². The quantitative estimate of drug-likeness (QED) is 0.888. The van der Waals surface area contributed by atoms with Crippen LogP contribution >= 0.6 is 0 Å². The number of hydrogen-bond donors (Lipinski definition) is 1. The van der Waals surface area contributed by atoms with Crippen molar-refractivity contribution in [2.75, 3.05) is 5.32 Å². The zero-order valence-corrected chi connectivity index (χ0v) is 9.24. The molecule has 0 aliphatic carbocycles. The molecule has 0 saturated carbocycles. The summed E-state index contributed by atoms with van der Waals surface area (Å²) in [5.41, 5.74) is 1.00. The average molecular weight is 235 g/mol. The van der Waals surface area contributed by atoms with Gasteiger partial charge < -0.3 is 5.32 Å². The molecule has 17 heavy (non-hydrogen) atoms. The molecule has 0 bridgehead atoms. The first-order valence-corrected chi connectivity index (χ1v) is 5.12. The molecule has 1 heterocycles. The maximum Gasteiger partial charge on any atom is 0.149 e. The lowest BCUT2D eigenvalue weighted by molar-refractivity contribution is 0.585. The van der Waals surface area contributed by atoms with Crippen molar-refractivity contribution < 1.29 is 8.78 Å². The van der Waals surface area contributed by atoms with Gasteiger partial charge in [0.05, 0.1) is 17.9 Å². The number of aromatic nitrogens is 2. The molecule has 5 heteroatoms. The first kappa shape index (κ1) is 11.4. The molecule has 1 N–H and O–H groups in total. The van der Waals surface area contributed by atoms with Gasteiger partial charge in [-0.15, -0.1) is 0 Å². The van der Waals surface area contributed by atoms with Crippen LogP contribution in [-0.4, -0.2) is 9.97 Å². The van der Waals surface area contributed by atoms with Crippen molar-refractivity contribution in [2.24, 2.45) is 0 Å². The van der Waals surface area contributed by atoms with Crippen molar-refractivity contribution in [1.29, 1.82) is 0 Å². The molecule has 2 aromatic rings. The SMILES string of the molecule is Cc1nccc(CNc2ccc(F)cc2F)n1. The van der Waals surface area contributed by atoms with Gasteiger partial charge in [-0.3, -0.25) is 0 Å². The molecule has 88 valence electrons. The number of aryl methyl sites for hydroxylation is 1. The molecule has 0 amide bonds. The summed E-state index contributed by atoms with van der Waals surface area (Å²) in [7, 11) is 0. The second-order valence-corrected chi connectivity index (χ2v) is 3.57. The van der Waals surface area contributed by atoms with E-state index >= 15 is 0 Å². The molecule has 0 spiro atoms. The molecule has 0 atom stereocenters. The summed E-state index contributed by atoms with van der Waals surface area (Å²) in [5.74, 6) is -0.550. The Morgan fingerprint density at radius 3 is 2.76 bits per heavy atom. The third-order valence-corrected chi connectivity index (χ3v) is 2.22. The summed E-state index contributed by atoms with van der Waals surface area (Å²) in [5, 5.41) is 2.85. The number of hydrogen-bond acceptors (Lipinski definition) is 3. The molecule has 2 rings (SSSR count). The topological polar surface area (TPSA) is 37.8 Å². The molecule has 0 radical (unpaired) electrons. The lowest BCUT2D eigenvalue weighted by Gasteiger charge is -2.07. The number of nitrogens with one attached hydrogen (secondary N) is 1. The van der Waals surface area contributed by atoms with Crippen LogP contribution in [0, 0.1) is 18.6 Å². The molecule has 0 unspecified atom stereocenters. The fourth-order valence-electron chi connectivity index (χ4n) is 1.42. The lowest BCUT2D eigenvalue weighted by atomic mass is 10.3. The second-order valence-electron chi connectivity index (χ2n) is 3.57. The Labute approximate surface area is 97.5 Å². The molecule has 0 fully saturated rings. The van der Waals surface area contributed by atoms with Gasteiger partial charge in [0.15, 0.2) is 0 Å². The average Bonchev–Trinajstić information content (AvgIpc) is 2.28. The largest absolute Gasteiger partial charge is 0.377 e. The molecule has 3 nitrogen and oxygen atoms in total. The highest BCUT2D eigenvalue weighted by Gasteiger charge is 2.03. The van der Waals surface area contributed by atoms with E-state index in [4.69, 9.17) is 0 Å². The van der Waals surface area contributed by atoms with Crippen LogP contribution in [-0.2, 0) is 6.54 Å². The Morgan fingerprint density at radius 1 is 1.24 bits per heavy atom. The van der Waals surface area contributed by atoms with Crippen LogP contribution in [0.1, 0.15) is 11.5 Å². The highest BCUT2D eigenvalue weighted by atomic mass is 19.1. The molecule has 0 aliphatic rings. The van der Waals surface area contributed by atoms with Crippen LogP contribution in [0.4, 0.5) is 14.5 Å². The smallest absolute Gasteiger partial charge is 0.149 e. The van der Waals surface area contributed by atoms with Gasteiger partial charge in [0.1, 0.15) is 17.5 Å². The first-order valence-electron chi connectivity index (χ1n) is 5.12. The number of rotatable bonds is 3. The Bertz CT molecular complexity index is 529. The van der Waals surface area contributed by atoms with E-state index in [1.165, 1.54) is 12.1 Å². The van der Waals surface area contributed by atoms with Crippen LogP contribution in [0.15, 0.2) is 30.5 Å². The van der Waals surface area contributed by atoms with Gasteiger partial charge in [-0.1, -0.05) is 0 Å². The normalized spacial score (nSPS) is 10.3. The Morgan fingerprint density at radius 2 is 2.06 bits per heavy atom. The van der Waals surface area contributed by atoms with E-state index in [9.17, 15) is 8.78 Å². The van der Waals surface area contributed by atoms with Crippen LogP contribution in [0.25, 0.3) is 0 Å². The van der Waals surface area contributed by atoms with Gasteiger partial charge in [0, 0.05) is 12.3 Å². The number of benzene rings is 1. The number of nitrogens with zero attached hydrogens (tertiary/aromatic N) is 2. The van der Waals surface area contributed by atoms with Crippen molar-refractivity contribution in [1.82, 2.24) is 9.97 Å². The lowest BCUT2D eigenvalue weighted by Crippen LogP contribution is -2.04. The Kier molecular flexibility index (Phi) is 3.27. The van der Waals surface area contributed by atoms with E-state index in [2.05, 4.69) is 15.3 Å². The predicted molar refractivity (Wildman–Crippen MR) is 60.5 cm³/mol.